The summed E-state index contributed by atoms with van der Waals surface area (Å²) >= 11 is 12.5. The summed E-state index contributed by atoms with van der Waals surface area (Å²) in [6.45, 7) is 6.79. The number of ether oxygens (including phenoxy) is 1. The molecule has 1 atom stereocenters. The van der Waals surface area contributed by atoms with Gasteiger partial charge in [-0.15, -0.1) is 12.4 Å². The van der Waals surface area contributed by atoms with Crippen molar-refractivity contribution in [3.05, 3.63) is 76.3 Å². The molecule has 23 heavy (non-hydrogen) atoms. The van der Waals surface area contributed by atoms with E-state index in [0.717, 1.165) is 5.56 Å². The smallest absolute Gasteiger partial charge is 0.156 e. The monoisotopic (exact) mass is 371 g/mol. The Morgan fingerprint density at radius 2 is 1.78 bits per heavy atom. The summed E-state index contributed by atoms with van der Waals surface area (Å²) in [5, 5.41) is 4.48. The van der Waals surface area contributed by atoms with Crippen LogP contribution in [0.5, 0.6) is 5.75 Å². The highest BCUT2D eigenvalue weighted by Crippen LogP contribution is 2.34. The highest BCUT2D eigenvalue weighted by Gasteiger charge is 2.10. The number of nitrogens with one attached hydrogen (secondary N) is 1. The maximum atomic E-state index is 6.23. The molecular weight excluding hydrogens is 353 g/mol. The van der Waals surface area contributed by atoms with Crippen LogP contribution in [-0.2, 0) is 6.54 Å². The van der Waals surface area contributed by atoms with Crippen molar-refractivity contribution in [2.24, 2.45) is 0 Å². The summed E-state index contributed by atoms with van der Waals surface area (Å²) in [5.74, 6) is 0.503. The van der Waals surface area contributed by atoms with E-state index in [0.29, 0.717) is 28.9 Å². The van der Waals surface area contributed by atoms with Gasteiger partial charge in [-0.05, 0) is 30.2 Å². The van der Waals surface area contributed by atoms with E-state index in [-0.39, 0.29) is 18.4 Å². The second-order valence-corrected chi connectivity index (χ2v) is 5.82. The first-order chi connectivity index (χ1) is 10.6. The Hall–Kier alpha value is -1.19. The normalized spacial score (nSPS) is 11.4. The van der Waals surface area contributed by atoms with Gasteiger partial charge in [0.05, 0.1) is 10.0 Å². The fourth-order valence-corrected chi connectivity index (χ4v) is 2.77. The van der Waals surface area contributed by atoms with E-state index in [4.69, 9.17) is 27.9 Å². The van der Waals surface area contributed by atoms with Gasteiger partial charge in [0.15, 0.2) is 5.75 Å². The molecule has 2 nitrogen and oxygen atoms in total. The van der Waals surface area contributed by atoms with Gasteiger partial charge in [-0.25, -0.2) is 0 Å². The maximum Gasteiger partial charge on any atom is 0.156 e. The lowest BCUT2D eigenvalue weighted by Gasteiger charge is -2.15. The molecule has 0 aromatic heterocycles. The van der Waals surface area contributed by atoms with E-state index in [1.165, 1.54) is 5.56 Å². The zero-order chi connectivity index (χ0) is 15.9. The van der Waals surface area contributed by atoms with Crippen LogP contribution in [0.4, 0.5) is 0 Å². The molecule has 0 heterocycles. The van der Waals surface area contributed by atoms with Crippen molar-refractivity contribution in [3.63, 3.8) is 0 Å². The molecule has 0 aliphatic carbocycles. The third-order valence-electron chi connectivity index (χ3n) is 3.32. The molecule has 124 valence electrons. The molecule has 0 aliphatic rings. The molecule has 0 radical (unpaired) electrons. The van der Waals surface area contributed by atoms with Crippen LogP contribution in [0.25, 0.3) is 0 Å². The topological polar surface area (TPSA) is 21.3 Å². The van der Waals surface area contributed by atoms with Crippen LogP contribution < -0.4 is 10.1 Å². The minimum Gasteiger partial charge on any atom is -0.486 e. The van der Waals surface area contributed by atoms with Crippen molar-refractivity contribution in [1.29, 1.82) is 0 Å². The van der Waals surface area contributed by atoms with Crippen molar-refractivity contribution < 1.29 is 4.74 Å². The lowest BCUT2D eigenvalue weighted by molar-refractivity contribution is 0.363. The van der Waals surface area contributed by atoms with Crippen molar-refractivity contribution in [2.45, 2.75) is 19.5 Å². The molecule has 0 saturated heterocycles. The molecule has 5 heteroatoms. The van der Waals surface area contributed by atoms with Crippen LogP contribution in [0.15, 0.2) is 55.1 Å². The Kier molecular flexibility index (Phi) is 8.49. The summed E-state index contributed by atoms with van der Waals surface area (Å²) in [4.78, 5) is 0. The van der Waals surface area contributed by atoms with Gasteiger partial charge in [-0.1, -0.05) is 66.2 Å². The molecule has 1 N–H and O–H groups in total. The van der Waals surface area contributed by atoms with Gasteiger partial charge in [0, 0.05) is 12.6 Å². The van der Waals surface area contributed by atoms with Crippen molar-refractivity contribution >= 4 is 35.6 Å². The summed E-state index contributed by atoms with van der Waals surface area (Å²) in [6, 6.07) is 14.3. The third-order valence-corrected chi connectivity index (χ3v) is 3.88. The van der Waals surface area contributed by atoms with Crippen LogP contribution in [0.3, 0.4) is 0 Å². The van der Waals surface area contributed by atoms with E-state index < -0.39 is 0 Å². The average Bonchev–Trinajstić information content (AvgIpc) is 2.52. The van der Waals surface area contributed by atoms with Gasteiger partial charge in [-0.3, -0.25) is 0 Å². The Balaban J connectivity index is 0.00000264. The summed E-state index contributed by atoms with van der Waals surface area (Å²) in [5.41, 5.74) is 2.26. The number of rotatable bonds is 7. The van der Waals surface area contributed by atoms with Gasteiger partial charge in [0.25, 0.3) is 0 Å². The second kappa shape index (κ2) is 9.84. The zero-order valence-electron chi connectivity index (χ0n) is 12.9. The van der Waals surface area contributed by atoms with Crippen LogP contribution in [0, 0.1) is 0 Å². The maximum absolute atomic E-state index is 6.23. The molecule has 0 amide bonds. The average molecular weight is 373 g/mol. The van der Waals surface area contributed by atoms with Gasteiger partial charge >= 0.3 is 0 Å². The van der Waals surface area contributed by atoms with Gasteiger partial charge in [0.1, 0.15) is 6.61 Å². The van der Waals surface area contributed by atoms with E-state index in [2.05, 4.69) is 31.0 Å². The Morgan fingerprint density at radius 1 is 1.17 bits per heavy atom. The summed E-state index contributed by atoms with van der Waals surface area (Å²) in [6.07, 6.45) is 1.66. The molecule has 0 saturated carbocycles. The fraction of sp³-hybridized carbons (Fsp3) is 0.222. The Bertz CT molecular complexity index is 608. The number of hydrogen-bond donors (Lipinski definition) is 1. The molecule has 2 aromatic carbocycles. The summed E-state index contributed by atoms with van der Waals surface area (Å²) < 4.78 is 5.46. The highest BCUT2D eigenvalue weighted by atomic mass is 35.5. The van der Waals surface area contributed by atoms with E-state index in [9.17, 15) is 0 Å². The molecule has 0 aliphatic heterocycles. The minimum absolute atomic E-state index is 0. The van der Waals surface area contributed by atoms with Crippen molar-refractivity contribution in [1.82, 2.24) is 5.32 Å². The molecule has 1 unspecified atom stereocenters. The number of benzene rings is 2. The van der Waals surface area contributed by atoms with Crippen LogP contribution in [0.1, 0.15) is 24.1 Å². The highest BCUT2D eigenvalue weighted by molar-refractivity contribution is 6.37. The lowest BCUT2D eigenvalue weighted by atomic mass is 10.1. The largest absolute Gasteiger partial charge is 0.486 e. The number of hydrogen-bond acceptors (Lipinski definition) is 2. The fourth-order valence-electron chi connectivity index (χ4n) is 2.13. The number of halogens is 3. The minimum atomic E-state index is 0. The first-order valence-electron chi connectivity index (χ1n) is 7.11. The van der Waals surface area contributed by atoms with Gasteiger partial charge in [-0.2, -0.15) is 0 Å². The lowest BCUT2D eigenvalue weighted by Crippen LogP contribution is -2.18. The van der Waals surface area contributed by atoms with Crippen LogP contribution in [0.2, 0.25) is 10.0 Å². The Morgan fingerprint density at radius 3 is 2.35 bits per heavy atom. The molecule has 0 fully saturated rings. The molecular formula is C18H20Cl3NO. The van der Waals surface area contributed by atoms with Gasteiger partial charge < -0.3 is 10.1 Å². The van der Waals surface area contributed by atoms with Crippen LogP contribution in [-0.4, -0.2) is 6.61 Å². The predicted octanol–water partition coefficient (Wildman–Crippen LogP) is 5.83. The molecule has 2 rings (SSSR count). The van der Waals surface area contributed by atoms with E-state index in [1.807, 2.05) is 30.3 Å². The van der Waals surface area contributed by atoms with E-state index >= 15 is 0 Å². The Labute approximate surface area is 153 Å². The van der Waals surface area contributed by atoms with Gasteiger partial charge in [0.2, 0.25) is 0 Å². The quantitative estimate of drug-likeness (QED) is 0.617. The molecule has 2 aromatic rings. The van der Waals surface area contributed by atoms with E-state index in [1.54, 1.807) is 6.08 Å². The summed E-state index contributed by atoms with van der Waals surface area (Å²) in [7, 11) is 0. The first kappa shape index (κ1) is 19.9. The molecule has 0 spiro atoms. The third kappa shape index (κ3) is 5.74. The predicted molar refractivity (Wildman–Crippen MR) is 101 cm³/mol. The second-order valence-electron chi connectivity index (χ2n) is 5.00. The van der Waals surface area contributed by atoms with Crippen molar-refractivity contribution in [2.75, 3.05) is 6.61 Å². The molecule has 0 bridgehead atoms. The SMILES string of the molecule is C=CCOc1c(Cl)cc(CNC(C)c2ccccc2)cc1Cl.Cl. The van der Waals surface area contributed by atoms with Crippen LogP contribution >= 0.6 is 35.6 Å². The zero-order valence-corrected chi connectivity index (χ0v) is 15.2. The van der Waals surface area contributed by atoms with Crippen molar-refractivity contribution in [3.8, 4) is 5.75 Å². The first-order valence-corrected chi connectivity index (χ1v) is 7.87. The standard InChI is InChI=1S/C18H19Cl2NO.ClH/c1-3-9-22-18-16(19)10-14(11-17(18)20)12-21-13(2)15-7-5-4-6-8-15;/h3-8,10-11,13,21H,1,9,12H2,2H3;1H.